The number of esters is 1. The molecule has 0 fully saturated rings. The lowest BCUT2D eigenvalue weighted by atomic mass is 10.3. The van der Waals surface area contributed by atoms with Gasteiger partial charge in [0.2, 0.25) is 10.0 Å². The first-order valence-corrected chi connectivity index (χ1v) is 7.49. The van der Waals surface area contributed by atoms with Gasteiger partial charge in [-0.1, -0.05) is 11.6 Å². The van der Waals surface area contributed by atoms with Gasteiger partial charge >= 0.3 is 5.97 Å². The van der Waals surface area contributed by atoms with E-state index >= 15 is 0 Å². The van der Waals surface area contributed by atoms with Crippen LogP contribution in [0, 0.1) is 0 Å². The second-order valence-corrected chi connectivity index (χ2v) is 6.28. The zero-order chi connectivity index (χ0) is 14.6. The molecular formula is C9H10BrClN2O5S. The number of ether oxygens (including phenoxy) is 1. The van der Waals surface area contributed by atoms with Crippen molar-refractivity contribution in [2.45, 2.75) is 10.9 Å². The number of hydrogen-bond donors (Lipinski definition) is 2. The van der Waals surface area contributed by atoms with Crippen LogP contribution >= 0.6 is 27.5 Å². The van der Waals surface area contributed by atoms with E-state index in [0.29, 0.717) is 4.47 Å². The Morgan fingerprint density at radius 1 is 1.68 bits per heavy atom. The first-order valence-electron chi connectivity index (χ1n) is 4.84. The molecule has 0 aliphatic rings. The molecule has 1 aromatic rings. The molecular weight excluding hydrogens is 364 g/mol. The zero-order valence-electron chi connectivity index (χ0n) is 9.63. The van der Waals surface area contributed by atoms with Crippen LogP contribution in [0.15, 0.2) is 21.6 Å². The summed E-state index contributed by atoms with van der Waals surface area (Å²) < 4.78 is 30.8. The summed E-state index contributed by atoms with van der Waals surface area (Å²) in [5, 5.41) is 8.72. The summed E-state index contributed by atoms with van der Waals surface area (Å²) in [7, 11) is -3.04. The fourth-order valence-corrected chi connectivity index (χ4v) is 3.27. The topological polar surface area (TPSA) is 106 Å². The molecule has 1 atom stereocenters. The maximum absolute atomic E-state index is 12.0. The van der Waals surface area contributed by atoms with Crippen molar-refractivity contribution in [3.05, 3.63) is 21.9 Å². The van der Waals surface area contributed by atoms with Gasteiger partial charge in [0.05, 0.1) is 13.7 Å². The number of nitrogens with zero attached hydrogens (tertiary/aromatic N) is 1. The van der Waals surface area contributed by atoms with Crippen molar-refractivity contribution in [2.24, 2.45) is 0 Å². The lowest BCUT2D eigenvalue weighted by molar-refractivity contribution is -0.143. The number of pyridine rings is 1. The average Bonchev–Trinajstić information content (AvgIpc) is 2.37. The van der Waals surface area contributed by atoms with E-state index in [2.05, 4.69) is 25.7 Å². The Hall–Kier alpha value is -0.740. The number of aliphatic hydroxyl groups excluding tert-OH is 1. The number of carbonyl (C=O) groups is 1. The predicted octanol–water partition coefficient (Wildman–Crippen LogP) is 0.310. The third-order valence-electron chi connectivity index (χ3n) is 2.03. The molecule has 0 saturated heterocycles. The Morgan fingerprint density at radius 3 is 2.84 bits per heavy atom. The van der Waals surface area contributed by atoms with Gasteiger partial charge in [0, 0.05) is 10.7 Å². The standard InChI is InChI=1S/C9H10BrClN2O5S/c1-18-9(15)6(4-14)13-19(16,17)7-2-5(10)3-12-8(7)11/h2-3,6,13-14H,4H2,1H3. The number of aromatic nitrogens is 1. The minimum atomic E-state index is -4.12. The SMILES string of the molecule is COC(=O)C(CO)NS(=O)(=O)c1cc(Br)cnc1Cl. The molecule has 2 N–H and O–H groups in total. The molecule has 1 rings (SSSR count). The molecule has 1 unspecified atom stereocenters. The third kappa shape index (κ3) is 4.11. The minimum Gasteiger partial charge on any atom is -0.468 e. The molecule has 0 amide bonds. The second-order valence-electron chi connectivity index (χ2n) is 3.32. The number of sulfonamides is 1. The monoisotopic (exact) mass is 372 g/mol. The molecule has 7 nitrogen and oxygen atoms in total. The van der Waals surface area contributed by atoms with Crippen LogP contribution in [0.5, 0.6) is 0 Å². The zero-order valence-corrected chi connectivity index (χ0v) is 12.8. The molecule has 1 heterocycles. The van der Waals surface area contributed by atoms with Gasteiger partial charge in [0.15, 0.2) is 0 Å². The first-order chi connectivity index (χ1) is 8.81. The normalized spacial score (nSPS) is 13.1. The van der Waals surface area contributed by atoms with E-state index in [9.17, 15) is 13.2 Å². The Morgan fingerprint density at radius 2 is 2.32 bits per heavy atom. The molecule has 0 spiro atoms. The van der Waals surface area contributed by atoms with Crippen LogP contribution in [-0.4, -0.2) is 44.2 Å². The Balaban J connectivity index is 3.10. The van der Waals surface area contributed by atoms with Crippen LogP contribution < -0.4 is 4.72 Å². The van der Waals surface area contributed by atoms with Crippen molar-refractivity contribution in [1.29, 1.82) is 0 Å². The number of rotatable bonds is 5. The van der Waals surface area contributed by atoms with Gasteiger partial charge in [0.1, 0.15) is 16.1 Å². The number of methoxy groups -OCH3 is 1. The van der Waals surface area contributed by atoms with Gasteiger partial charge in [0.25, 0.3) is 0 Å². The lowest BCUT2D eigenvalue weighted by Crippen LogP contribution is -2.44. The summed E-state index contributed by atoms with van der Waals surface area (Å²) in [6.07, 6.45) is 1.32. The van der Waals surface area contributed by atoms with Crippen molar-refractivity contribution >= 4 is 43.5 Å². The Labute approximate surface area is 123 Å². The summed E-state index contributed by atoms with van der Waals surface area (Å²) in [6, 6.07) is -0.186. The quantitative estimate of drug-likeness (QED) is 0.568. The van der Waals surface area contributed by atoms with E-state index in [1.165, 1.54) is 12.3 Å². The van der Waals surface area contributed by atoms with Gasteiger partial charge < -0.3 is 9.84 Å². The van der Waals surface area contributed by atoms with Gasteiger partial charge in [-0.25, -0.2) is 13.4 Å². The molecule has 10 heteroatoms. The van der Waals surface area contributed by atoms with Gasteiger partial charge in [-0.15, -0.1) is 0 Å². The molecule has 0 aliphatic heterocycles. The van der Waals surface area contributed by atoms with Crippen LogP contribution in [0.3, 0.4) is 0 Å². The fraction of sp³-hybridized carbons (Fsp3) is 0.333. The van der Waals surface area contributed by atoms with Crippen LogP contribution in [-0.2, 0) is 19.6 Å². The van der Waals surface area contributed by atoms with E-state index in [-0.39, 0.29) is 10.0 Å². The highest BCUT2D eigenvalue weighted by Gasteiger charge is 2.27. The second kappa shape index (κ2) is 6.62. The number of halogens is 2. The van der Waals surface area contributed by atoms with Crippen LogP contribution in [0.1, 0.15) is 0 Å². The molecule has 0 aromatic carbocycles. The molecule has 19 heavy (non-hydrogen) atoms. The molecule has 0 aliphatic carbocycles. The van der Waals surface area contributed by atoms with E-state index in [0.717, 1.165) is 7.11 Å². The highest BCUT2D eigenvalue weighted by atomic mass is 79.9. The minimum absolute atomic E-state index is 0.253. The number of carbonyl (C=O) groups excluding carboxylic acids is 1. The maximum Gasteiger partial charge on any atom is 0.326 e. The predicted molar refractivity (Wildman–Crippen MR) is 70.2 cm³/mol. The molecule has 106 valence electrons. The summed E-state index contributed by atoms with van der Waals surface area (Å²) >= 11 is 8.75. The summed E-state index contributed by atoms with van der Waals surface area (Å²) in [5.74, 6) is -0.912. The molecule has 0 bridgehead atoms. The van der Waals surface area contributed by atoms with Crippen molar-refractivity contribution in [2.75, 3.05) is 13.7 Å². The Kier molecular flexibility index (Phi) is 5.68. The fourth-order valence-electron chi connectivity index (χ4n) is 1.15. The highest BCUT2D eigenvalue weighted by Crippen LogP contribution is 2.22. The van der Waals surface area contributed by atoms with Crippen LogP contribution in [0.4, 0.5) is 0 Å². The van der Waals surface area contributed by atoms with Crippen molar-refractivity contribution in [1.82, 2.24) is 9.71 Å². The van der Waals surface area contributed by atoms with Crippen molar-refractivity contribution < 1.29 is 23.1 Å². The average molecular weight is 374 g/mol. The number of aliphatic hydroxyl groups is 1. The summed E-state index contributed by atoms with van der Waals surface area (Å²) in [4.78, 5) is 14.6. The van der Waals surface area contributed by atoms with Gasteiger partial charge in [-0.2, -0.15) is 4.72 Å². The number of hydrogen-bond acceptors (Lipinski definition) is 6. The Bertz CT molecular complexity index is 580. The van der Waals surface area contributed by atoms with E-state index in [4.69, 9.17) is 16.7 Å². The maximum atomic E-state index is 12.0. The third-order valence-corrected chi connectivity index (χ3v) is 4.36. The molecule has 0 saturated carbocycles. The van der Waals surface area contributed by atoms with Crippen molar-refractivity contribution in [3.63, 3.8) is 0 Å². The van der Waals surface area contributed by atoms with Crippen molar-refractivity contribution in [3.8, 4) is 0 Å². The highest BCUT2D eigenvalue weighted by molar-refractivity contribution is 9.10. The van der Waals surface area contributed by atoms with Crippen LogP contribution in [0.2, 0.25) is 5.15 Å². The smallest absolute Gasteiger partial charge is 0.326 e. The van der Waals surface area contributed by atoms with E-state index in [1.807, 2.05) is 4.72 Å². The largest absolute Gasteiger partial charge is 0.468 e. The summed E-state index contributed by atoms with van der Waals surface area (Å²) in [5.41, 5.74) is 0. The molecule has 0 radical (unpaired) electrons. The lowest BCUT2D eigenvalue weighted by Gasteiger charge is -2.14. The van der Waals surface area contributed by atoms with E-state index < -0.39 is 28.6 Å². The van der Waals surface area contributed by atoms with Gasteiger partial charge in [-0.05, 0) is 22.0 Å². The first kappa shape index (κ1) is 16.3. The van der Waals surface area contributed by atoms with Gasteiger partial charge in [-0.3, -0.25) is 4.79 Å². The van der Waals surface area contributed by atoms with Crippen LogP contribution in [0.25, 0.3) is 0 Å². The summed E-state index contributed by atoms with van der Waals surface area (Å²) in [6.45, 7) is -0.745. The number of nitrogens with one attached hydrogen (secondary N) is 1. The molecule has 1 aromatic heterocycles. The van der Waals surface area contributed by atoms with E-state index in [1.54, 1.807) is 0 Å².